The lowest BCUT2D eigenvalue weighted by Gasteiger charge is -2.32. The Balaban J connectivity index is 0. The van der Waals surface area contributed by atoms with Gasteiger partial charge in [0.15, 0.2) is 0 Å². The molecule has 0 aromatic heterocycles. The van der Waals surface area contributed by atoms with Crippen LogP contribution in [0.1, 0.15) is 53.4 Å². The standard InChI is InChI=1S/C16H23ClN2O.C2H6.CH2O/c1-11(2)14(10-15(17)18-5)19(16(20)12(3)4)13-8-6-7-9-13;2*1-2/h10,13H,1,3,6-9H2,2,4-5H3;1-2H3;1H2/b14-10+,18-15?;;. The molecule has 24 heavy (non-hydrogen) atoms. The van der Waals surface area contributed by atoms with Crippen LogP contribution in [0.25, 0.3) is 0 Å². The number of allylic oxidation sites excluding steroid dienone is 2. The third kappa shape index (κ3) is 7.73. The molecular formula is C19H31ClN2O2. The van der Waals surface area contributed by atoms with Crippen molar-refractivity contribution in [3.63, 3.8) is 0 Å². The molecule has 1 amide bonds. The molecule has 0 N–H and O–H groups in total. The Morgan fingerprint density at radius 2 is 1.58 bits per heavy atom. The first-order valence-electron chi connectivity index (χ1n) is 8.16. The van der Waals surface area contributed by atoms with Crippen LogP contribution in [0.4, 0.5) is 0 Å². The van der Waals surface area contributed by atoms with Crippen LogP contribution in [0.3, 0.4) is 0 Å². The van der Waals surface area contributed by atoms with Crippen LogP contribution < -0.4 is 0 Å². The third-order valence-electron chi connectivity index (χ3n) is 3.44. The van der Waals surface area contributed by atoms with Crippen molar-refractivity contribution in [3.8, 4) is 0 Å². The number of aliphatic imine (C=N–C) groups is 1. The maximum absolute atomic E-state index is 12.5. The second kappa shape index (κ2) is 13.7. The lowest BCUT2D eigenvalue weighted by Crippen LogP contribution is -2.39. The molecule has 1 aliphatic carbocycles. The maximum atomic E-state index is 12.5. The number of carbonyl (C=O) groups excluding carboxylic acids is 2. The molecule has 1 saturated carbocycles. The largest absolute Gasteiger partial charge is 0.307 e. The highest BCUT2D eigenvalue weighted by Gasteiger charge is 2.30. The van der Waals surface area contributed by atoms with Gasteiger partial charge in [-0.3, -0.25) is 9.79 Å². The van der Waals surface area contributed by atoms with Gasteiger partial charge in [0.25, 0.3) is 5.91 Å². The highest BCUT2D eigenvalue weighted by molar-refractivity contribution is 6.68. The zero-order chi connectivity index (χ0) is 19.3. The second-order valence-corrected chi connectivity index (χ2v) is 5.64. The van der Waals surface area contributed by atoms with E-state index in [1.54, 1.807) is 24.9 Å². The zero-order valence-corrected chi connectivity index (χ0v) is 16.4. The Labute approximate surface area is 152 Å². The van der Waals surface area contributed by atoms with Crippen molar-refractivity contribution in [2.75, 3.05) is 7.05 Å². The predicted molar refractivity (Wildman–Crippen MR) is 104 cm³/mol. The molecule has 0 radical (unpaired) electrons. The maximum Gasteiger partial charge on any atom is 0.253 e. The van der Waals surface area contributed by atoms with E-state index in [0.717, 1.165) is 37.0 Å². The van der Waals surface area contributed by atoms with Crippen molar-refractivity contribution < 1.29 is 9.59 Å². The summed E-state index contributed by atoms with van der Waals surface area (Å²) in [4.78, 5) is 26.2. The van der Waals surface area contributed by atoms with E-state index in [1.807, 2.05) is 27.6 Å². The molecule has 4 nitrogen and oxygen atoms in total. The minimum Gasteiger partial charge on any atom is -0.307 e. The van der Waals surface area contributed by atoms with Crippen LogP contribution in [0.5, 0.6) is 0 Å². The van der Waals surface area contributed by atoms with Crippen LogP contribution in [-0.4, -0.2) is 35.9 Å². The molecule has 1 aliphatic rings. The van der Waals surface area contributed by atoms with Gasteiger partial charge in [0.1, 0.15) is 12.0 Å². The summed E-state index contributed by atoms with van der Waals surface area (Å²) < 4.78 is 0. The first kappa shape index (κ1) is 24.6. The first-order valence-corrected chi connectivity index (χ1v) is 8.54. The smallest absolute Gasteiger partial charge is 0.253 e. The van der Waals surface area contributed by atoms with E-state index in [0.29, 0.717) is 10.7 Å². The summed E-state index contributed by atoms with van der Waals surface area (Å²) in [6, 6.07) is 0.198. The average molecular weight is 355 g/mol. The van der Waals surface area contributed by atoms with E-state index in [1.165, 1.54) is 0 Å². The van der Waals surface area contributed by atoms with E-state index < -0.39 is 0 Å². The minimum absolute atomic E-state index is 0.0632. The van der Waals surface area contributed by atoms with Gasteiger partial charge in [-0.15, -0.1) is 0 Å². The molecule has 136 valence electrons. The molecule has 1 rings (SSSR count). The van der Waals surface area contributed by atoms with Gasteiger partial charge in [-0.05, 0) is 38.3 Å². The van der Waals surface area contributed by atoms with Crippen LogP contribution in [-0.2, 0) is 9.59 Å². The van der Waals surface area contributed by atoms with Crippen molar-refractivity contribution in [2.24, 2.45) is 4.99 Å². The average Bonchev–Trinajstić information content (AvgIpc) is 3.11. The fraction of sp³-hybridized carbons (Fsp3) is 0.526. The van der Waals surface area contributed by atoms with Crippen molar-refractivity contribution in [2.45, 2.75) is 59.4 Å². The number of hydrogen-bond donors (Lipinski definition) is 0. The number of nitrogens with zero attached hydrogens (tertiary/aromatic N) is 2. The van der Waals surface area contributed by atoms with Gasteiger partial charge in [0.2, 0.25) is 0 Å². The zero-order valence-electron chi connectivity index (χ0n) is 15.7. The van der Waals surface area contributed by atoms with Crippen LogP contribution in [0, 0.1) is 0 Å². The molecule has 1 fully saturated rings. The number of carbonyl (C=O) groups is 2. The van der Waals surface area contributed by atoms with Gasteiger partial charge in [0.05, 0.1) is 0 Å². The Bertz CT molecular complexity index is 490. The summed E-state index contributed by atoms with van der Waals surface area (Å²) in [5, 5.41) is 0.362. The summed E-state index contributed by atoms with van der Waals surface area (Å²) in [5.74, 6) is -0.0632. The number of rotatable bonds is 5. The Hall–Kier alpha value is -1.68. The normalized spacial score (nSPS) is 14.8. The van der Waals surface area contributed by atoms with E-state index in [9.17, 15) is 4.79 Å². The fourth-order valence-electron chi connectivity index (χ4n) is 2.42. The highest BCUT2D eigenvalue weighted by atomic mass is 35.5. The van der Waals surface area contributed by atoms with E-state index in [4.69, 9.17) is 16.4 Å². The topological polar surface area (TPSA) is 49.7 Å². The van der Waals surface area contributed by atoms with Crippen LogP contribution in [0.2, 0.25) is 0 Å². The molecule has 0 heterocycles. The van der Waals surface area contributed by atoms with Gasteiger partial charge in [0, 0.05) is 24.4 Å². The summed E-state index contributed by atoms with van der Waals surface area (Å²) in [6.07, 6.45) is 6.01. The van der Waals surface area contributed by atoms with Crippen molar-refractivity contribution >= 4 is 29.5 Å². The van der Waals surface area contributed by atoms with Gasteiger partial charge < -0.3 is 9.69 Å². The Kier molecular flexibility index (Phi) is 14.1. The van der Waals surface area contributed by atoms with Gasteiger partial charge in [-0.2, -0.15) is 0 Å². The van der Waals surface area contributed by atoms with E-state index >= 15 is 0 Å². The van der Waals surface area contributed by atoms with Gasteiger partial charge >= 0.3 is 0 Å². The first-order chi connectivity index (χ1) is 11.4. The third-order valence-corrected chi connectivity index (χ3v) is 3.72. The second-order valence-electron chi connectivity index (χ2n) is 5.25. The Morgan fingerprint density at radius 3 is 1.92 bits per heavy atom. The molecule has 0 unspecified atom stereocenters. The molecule has 0 spiro atoms. The predicted octanol–water partition coefficient (Wildman–Crippen LogP) is 4.90. The minimum atomic E-state index is -0.0632. The van der Waals surface area contributed by atoms with Crippen molar-refractivity contribution in [1.29, 1.82) is 0 Å². The molecule has 0 saturated heterocycles. The molecule has 0 bridgehead atoms. The molecule has 5 heteroatoms. The van der Waals surface area contributed by atoms with Crippen molar-refractivity contribution in [3.05, 3.63) is 36.1 Å². The van der Waals surface area contributed by atoms with E-state index in [2.05, 4.69) is 18.2 Å². The van der Waals surface area contributed by atoms with Crippen LogP contribution >= 0.6 is 11.6 Å². The summed E-state index contributed by atoms with van der Waals surface area (Å²) >= 11 is 6.01. The lowest BCUT2D eigenvalue weighted by molar-refractivity contribution is -0.126. The molecule has 0 aliphatic heterocycles. The lowest BCUT2D eigenvalue weighted by atomic mass is 10.1. The number of halogens is 1. The summed E-state index contributed by atoms with van der Waals surface area (Å²) in [5.41, 5.74) is 2.06. The molecular weight excluding hydrogens is 324 g/mol. The monoisotopic (exact) mass is 354 g/mol. The molecule has 0 atom stereocenters. The van der Waals surface area contributed by atoms with Crippen LogP contribution in [0.15, 0.2) is 41.1 Å². The molecule has 0 aromatic rings. The van der Waals surface area contributed by atoms with Gasteiger partial charge in [-0.25, -0.2) is 0 Å². The Morgan fingerprint density at radius 1 is 1.12 bits per heavy atom. The van der Waals surface area contributed by atoms with Gasteiger partial charge in [-0.1, -0.05) is 51.4 Å². The number of amides is 1. The highest BCUT2D eigenvalue weighted by Crippen LogP contribution is 2.30. The van der Waals surface area contributed by atoms with E-state index in [-0.39, 0.29) is 11.9 Å². The quantitative estimate of drug-likeness (QED) is 0.400. The summed E-state index contributed by atoms with van der Waals surface area (Å²) in [7, 11) is 1.62. The molecule has 0 aromatic carbocycles. The summed E-state index contributed by atoms with van der Waals surface area (Å²) in [6.45, 7) is 17.4. The van der Waals surface area contributed by atoms with Crippen molar-refractivity contribution in [1.82, 2.24) is 4.90 Å². The fourth-order valence-corrected chi connectivity index (χ4v) is 2.52. The SMILES string of the molecule is C=C(C)C(=O)N(/C(=C/C(Cl)=NC)C(=C)C)C1CCCC1.C=O.CC. The number of hydrogen-bond acceptors (Lipinski definition) is 3.